The molecule has 18 heavy (non-hydrogen) atoms. The maximum Gasteiger partial charge on any atom is 0.235 e. The Labute approximate surface area is 108 Å². The third-order valence-corrected chi connectivity index (χ3v) is 4.96. The number of hydrogen-bond donors (Lipinski definition) is 1. The fourth-order valence-electron chi connectivity index (χ4n) is 2.22. The second kappa shape index (κ2) is 5.16. The van der Waals surface area contributed by atoms with E-state index in [1.165, 1.54) is 4.31 Å². The zero-order valence-electron chi connectivity index (χ0n) is 10.4. The molecule has 2 N–H and O–H groups in total. The Morgan fingerprint density at radius 2 is 2.22 bits per heavy atom. The van der Waals surface area contributed by atoms with E-state index in [-0.39, 0.29) is 5.75 Å². The molecule has 0 spiro atoms. The zero-order valence-corrected chi connectivity index (χ0v) is 11.2. The van der Waals surface area contributed by atoms with E-state index >= 15 is 0 Å². The molecule has 5 nitrogen and oxygen atoms in total. The second-order valence-electron chi connectivity index (χ2n) is 4.33. The number of nitrogens with zero attached hydrogens (tertiary/aromatic N) is 1. The van der Waals surface area contributed by atoms with Crippen molar-refractivity contribution in [2.45, 2.75) is 12.8 Å². The minimum atomic E-state index is -3.26. The molecule has 0 atom stereocenters. The molecular formula is C12H18N2O3S. The van der Waals surface area contributed by atoms with Gasteiger partial charge in [0.15, 0.2) is 0 Å². The number of rotatable bonds is 5. The number of methoxy groups -OCH3 is 1. The lowest BCUT2D eigenvalue weighted by Gasteiger charge is -2.19. The maximum atomic E-state index is 12.2. The number of benzene rings is 1. The summed E-state index contributed by atoms with van der Waals surface area (Å²) in [6.07, 6.45) is 1.19. The summed E-state index contributed by atoms with van der Waals surface area (Å²) in [5, 5.41) is 0. The average molecular weight is 270 g/mol. The summed E-state index contributed by atoms with van der Waals surface area (Å²) < 4.78 is 30.8. The highest BCUT2D eigenvalue weighted by Gasteiger charge is 2.29. The van der Waals surface area contributed by atoms with Crippen molar-refractivity contribution in [1.82, 2.24) is 0 Å². The smallest absolute Gasteiger partial charge is 0.235 e. The molecular weight excluding hydrogens is 252 g/mol. The second-order valence-corrected chi connectivity index (χ2v) is 6.34. The number of hydrogen-bond acceptors (Lipinski definition) is 4. The van der Waals surface area contributed by atoms with E-state index < -0.39 is 10.0 Å². The lowest BCUT2D eigenvalue weighted by atomic mass is 10.1. The first-order valence-electron chi connectivity index (χ1n) is 5.93. The van der Waals surface area contributed by atoms with Gasteiger partial charge in [-0.3, -0.25) is 4.31 Å². The van der Waals surface area contributed by atoms with Crippen molar-refractivity contribution in [1.29, 1.82) is 0 Å². The van der Waals surface area contributed by atoms with Gasteiger partial charge in [0.05, 0.1) is 11.4 Å². The summed E-state index contributed by atoms with van der Waals surface area (Å²) in [5.41, 5.74) is 8.19. The Morgan fingerprint density at radius 1 is 1.44 bits per heavy atom. The minimum absolute atomic E-state index is 0.106. The van der Waals surface area contributed by atoms with E-state index in [0.717, 1.165) is 11.3 Å². The summed E-state index contributed by atoms with van der Waals surface area (Å²) in [6.45, 7) is 0.940. The van der Waals surface area contributed by atoms with Gasteiger partial charge in [-0.2, -0.15) is 0 Å². The Bertz CT molecular complexity index is 528. The number of ether oxygens (including phenoxy) is 1. The van der Waals surface area contributed by atoms with E-state index in [4.69, 9.17) is 10.5 Å². The molecule has 6 heteroatoms. The van der Waals surface area contributed by atoms with Gasteiger partial charge >= 0.3 is 0 Å². The molecule has 0 amide bonds. The molecule has 2 rings (SSSR count). The van der Waals surface area contributed by atoms with Gasteiger partial charge in [0.2, 0.25) is 10.0 Å². The fraction of sp³-hybridized carbons (Fsp3) is 0.500. The summed E-state index contributed by atoms with van der Waals surface area (Å²) in [7, 11) is -1.70. The topological polar surface area (TPSA) is 72.6 Å². The number of sulfonamides is 1. The van der Waals surface area contributed by atoms with E-state index in [1.807, 2.05) is 6.07 Å². The van der Waals surface area contributed by atoms with Crippen LogP contribution in [-0.4, -0.2) is 34.4 Å². The minimum Gasteiger partial charge on any atom is -0.398 e. The monoisotopic (exact) mass is 270 g/mol. The molecule has 0 aliphatic carbocycles. The summed E-state index contributed by atoms with van der Waals surface area (Å²) in [5.74, 6) is 0.106. The lowest BCUT2D eigenvalue weighted by Crippen LogP contribution is -2.31. The van der Waals surface area contributed by atoms with Crippen LogP contribution in [0.3, 0.4) is 0 Å². The van der Waals surface area contributed by atoms with Crippen LogP contribution < -0.4 is 10.0 Å². The Hall–Kier alpha value is -1.27. The molecule has 1 aliphatic heterocycles. The molecule has 0 fully saturated rings. The quantitative estimate of drug-likeness (QED) is 0.640. The van der Waals surface area contributed by atoms with Crippen molar-refractivity contribution in [3.63, 3.8) is 0 Å². The highest BCUT2D eigenvalue weighted by molar-refractivity contribution is 7.92. The highest BCUT2D eigenvalue weighted by atomic mass is 32.2. The van der Waals surface area contributed by atoms with Crippen LogP contribution in [0.4, 0.5) is 11.4 Å². The molecule has 100 valence electrons. The Kier molecular flexibility index (Phi) is 3.77. The first-order chi connectivity index (χ1) is 8.56. The van der Waals surface area contributed by atoms with Crippen LogP contribution in [0.25, 0.3) is 0 Å². The molecule has 1 aromatic rings. The third-order valence-electron chi connectivity index (χ3n) is 3.11. The SMILES string of the molecule is COCCCS(=O)(=O)N1CCc2c(N)cccc21. The molecule has 1 heterocycles. The molecule has 1 aliphatic rings. The number of nitrogens with two attached hydrogens (primary N) is 1. The average Bonchev–Trinajstić information content (AvgIpc) is 2.75. The first kappa shape index (κ1) is 13.2. The van der Waals surface area contributed by atoms with Gasteiger partial charge in [0, 0.05) is 31.5 Å². The predicted octanol–water partition coefficient (Wildman–Crippen LogP) is 0.998. The van der Waals surface area contributed by atoms with Crippen molar-refractivity contribution in [3.8, 4) is 0 Å². The Morgan fingerprint density at radius 3 is 2.94 bits per heavy atom. The van der Waals surface area contributed by atoms with Crippen LogP contribution >= 0.6 is 0 Å². The molecule has 0 aromatic heterocycles. The van der Waals surface area contributed by atoms with Crippen LogP contribution in [0.1, 0.15) is 12.0 Å². The predicted molar refractivity (Wildman–Crippen MR) is 72.2 cm³/mol. The first-order valence-corrected chi connectivity index (χ1v) is 7.54. The van der Waals surface area contributed by atoms with Crippen molar-refractivity contribution >= 4 is 21.4 Å². The molecule has 0 saturated heterocycles. The molecule has 0 bridgehead atoms. The van der Waals surface area contributed by atoms with Crippen LogP contribution in [-0.2, 0) is 21.2 Å². The number of fused-ring (bicyclic) bond motifs is 1. The third kappa shape index (κ3) is 2.44. The van der Waals surface area contributed by atoms with Gasteiger partial charge in [-0.15, -0.1) is 0 Å². The molecule has 1 aromatic carbocycles. The van der Waals surface area contributed by atoms with Gasteiger partial charge in [0.1, 0.15) is 0 Å². The van der Waals surface area contributed by atoms with Gasteiger partial charge < -0.3 is 10.5 Å². The number of anilines is 2. The van der Waals surface area contributed by atoms with Crippen molar-refractivity contribution in [2.24, 2.45) is 0 Å². The van der Waals surface area contributed by atoms with E-state index in [2.05, 4.69) is 0 Å². The highest BCUT2D eigenvalue weighted by Crippen LogP contribution is 2.34. The van der Waals surface area contributed by atoms with E-state index in [9.17, 15) is 8.42 Å². The molecule has 0 radical (unpaired) electrons. The maximum absolute atomic E-state index is 12.2. The standard InChI is InChI=1S/C12H18N2O3S/c1-17-8-3-9-18(15,16)14-7-6-10-11(13)4-2-5-12(10)14/h2,4-5H,3,6-9,13H2,1H3. The van der Waals surface area contributed by atoms with Crippen molar-refractivity contribution < 1.29 is 13.2 Å². The van der Waals surface area contributed by atoms with Crippen LogP contribution in [0, 0.1) is 0 Å². The lowest BCUT2D eigenvalue weighted by molar-refractivity contribution is 0.199. The van der Waals surface area contributed by atoms with E-state index in [1.54, 1.807) is 19.2 Å². The molecule has 0 unspecified atom stereocenters. The normalized spacial score (nSPS) is 14.8. The van der Waals surface area contributed by atoms with Crippen LogP contribution in [0.5, 0.6) is 0 Å². The van der Waals surface area contributed by atoms with Gasteiger partial charge in [-0.05, 0) is 25.0 Å². The molecule has 0 saturated carbocycles. The summed E-state index contributed by atoms with van der Waals surface area (Å²) >= 11 is 0. The summed E-state index contributed by atoms with van der Waals surface area (Å²) in [4.78, 5) is 0. The van der Waals surface area contributed by atoms with E-state index in [0.29, 0.717) is 31.7 Å². The fourth-order valence-corrected chi connectivity index (χ4v) is 3.76. The largest absolute Gasteiger partial charge is 0.398 e. The van der Waals surface area contributed by atoms with Crippen molar-refractivity contribution in [3.05, 3.63) is 23.8 Å². The van der Waals surface area contributed by atoms with Gasteiger partial charge in [0.25, 0.3) is 0 Å². The van der Waals surface area contributed by atoms with Gasteiger partial charge in [-0.25, -0.2) is 8.42 Å². The van der Waals surface area contributed by atoms with Gasteiger partial charge in [-0.1, -0.05) is 6.07 Å². The summed E-state index contributed by atoms with van der Waals surface area (Å²) in [6, 6.07) is 5.41. The van der Waals surface area contributed by atoms with Crippen LogP contribution in [0.2, 0.25) is 0 Å². The Balaban J connectivity index is 2.20. The van der Waals surface area contributed by atoms with Crippen molar-refractivity contribution in [2.75, 3.05) is 36.1 Å². The number of nitrogen functional groups attached to an aromatic ring is 1. The zero-order chi connectivity index (χ0) is 13.2. The van der Waals surface area contributed by atoms with Crippen LogP contribution in [0.15, 0.2) is 18.2 Å².